The van der Waals surface area contributed by atoms with Gasteiger partial charge in [0.1, 0.15) is 5.82 Å². The topological polar surface area (TPSA) is 75.1 Å². The molecular weight excluding hydrogens is 398 g/mol. The molecule has 1 saturated carbocycles. The molecule has 1 amide bonds. The highest BCUT2D eigenvalue weighted by molar-refractivity contribution is 5.95. The first-order valence-corrected chi connectivity index (χ1v) is 11.7. The number of carbonyl (C=O) groups excluding carboxylic acids is 1. The Morgan fingerprint density at radius 2 is 1.88 bits per heavy atom. The van der Waals surface area contributed by atoms with Gasteiger partial charge in [-0.25, -0.2) is 4.98 Å². The second-order valence-corrected chi connectivity index (χ2v) is 8.65. The molecule has 0 aliphatic heterocycles. The Balaban J connectivity index is 1.88. The monoisotopic (exact) mass is 433 g/mol. The van der Waals surface area contributed by atoms with Gasteiger partial charge in [0.15, 0.2) is 0 Å². The normalized spacial score (nSPS) is 17.1. The first kappa shape index (κ1) is 23.9. The number of carbonyl (C=O) groups is 1. The van der Waals surface area contributed by atoms with Crippen LogP contribution in [0.5, 0.6) is 0 Å². The molecule has 2 aromatic heterocycles. The van der Waals surface area contributed by atoms with Crippen molar-refractivity contribution in [3.8, 4) is 0 Å². The van der Waals surface area contributed by atoms with Gasteiger partial charge in [-0.2, -0.15) is 0 Å². The van der Waals surface area contributed by atoms with Crippen molar-refractivity contribution >= 4 is 28.1 Å². The number of pyridine rings is 2. The summed E-state index contributed by atoms with van der Waals surface area (Å²) in [7, 11) is 0. The van der Waals surface area contributed by atoms with Gasteiger partial charge in [0.25, 0.3) is 0 Å². The number of aliphatic hydroxyl groups excluding tert-OH is 1. The molecule has 2 N–H and O–H groups in total. The molecule has 3 rings (SSSR count). The van der Waals surface area contributed by atoms with Crippen LogP contribution in [0.25, 0.3) is 16.3 Å². The Bertz CT molecular complexity index is 1080. The zero-order valence-electron chi connectivity index (χ0n) is 19.9. The average molecular weight is 434 g/mol. The SMILES string of the molecule is C\C=C(/C(C)=C\C(=C(/C)CC)C(O)CC)c1cc2cnc(NC(=O)C3CCC3)cc2cn1. The predicted molar refractivity (Wildman–Crippen MR) is 132 cm³/mol. The number of nitrogens with zero attached hydrogens (tertiary/aromatic N) is 2. The van der Waals surface area contributed by atoms with Crippen LogP contribution in [-0.4, -0.2) is 27.1 Å². The lowest BCUT2D eigenvalue weighted by molar-refractivity contribution is -0.122. The minimum atomic E-state index is -0.467. The fraction of sp³-hybridized carbons (Fsp3) is 0.444. The Morgan fingerprint density at radius 3 is 2.47 bits per heavy atom. The number of nitrogens with one attached hydrogen (secondary N) is 1. The number of aliphatic hydroxyl groups is 1. The van der Waals surface area contributed by atoms with Crippen LogP contribution < -0.4 is 5.32 Å². The molecule has 170 valence electrons. The van der Waals surface area contributed by atoms with E-state index in [0.29, 0.717) is 12.2 Å². The Hall–Kier alpha value is -2.79. The molecule has 0 radical (unpaired) electrons. The van der Waals surface area contributed by atoms with Gasteiger partial charge in [0.05, 0.1) is 11.8 Å². The standard InChI is InChI=1S/C27H35N3O2/c1-6-17(4)23(25(31)8-3)12-18(5)22(7-2)24-13-20-16-29-26(14-21(20)15-28-24)30-27(32)19-10-9-11-19/h7,12-16,19,25,31H,6,8-11H2,1-5H3,(H,29,30,32)/b18-12-,22-7+,23-17-. The van der Waals surface area contributed by atoms with Crippen molar-refractivity contribution in [2.45, 2.75) is 72.8 Å². The minimum absolute atomic E-state index is 0.0603. The summed E-state index contributed by atoms with van der Waals surface area (Å²) < 4.78 is 0. The van der Waals surface area contributed by atoms with E-state index in [1.165, 1.54) is 5.57 Å². The zero-order valence-corrected chi connectivity index (χ0v) is 19.9. The van der Waals surface area contributed by atoms with Crippen molar-refractivity contribution in [1.29, 1.82) is 0 Å². The molecule has 1 aliphatic carbocycles. The summed E-state index contributed by atoms with van der Waals surface area (Å²) in [5.41, 5.74) is 5.13. The van der Waals surface area contributed by atoms with E-state index in [4.69, 9.17) is 4.98 Å². The molecule has 2 heterocycles. The number of rotatable bonds is 8. The average Bonchev–Trinajstić information content (AvgIpc) is 2.75. The van der Waals surface area contributed by atoms with E-state index in [1.54, 1.807) is 6.20 Å². The number of hydrogen-bond donors (Lipinski definition) is 2. The maximum absolute atomic E-state index is 12.2. The first-order valence-electron chi connectivity index (χ1n) is 11.7. The quantitative estimate of drug-likeness (QED) is 0.485. The van der Waals surface area contributed by atoms with Gasteiger partial charge in [0, 0.05) is 29.1 Å². The number of aromatic nitrogens is 2. The van der Waals surface area contributed by atoms with Crippen molar-refractivity contribution in [2.75, 3.05) is 5.32 Å². The summed E-state index contributed by atoms with van der Waals surface area (Å²) in [5.74, 6) is 0.760. The second-order valence-electron chi connectivity index (χ2n) is 8.65. The molecule has 0 bridgehead atoms. The molecule has 0 spiro atoms. The summed E-state index contributed by atoms with van der Waals surface area (Å²) in [4.78, 5) is 21.3. The van der Waals surface area contributed by atoms with Gasteiger partial charge in [-0.3, -0.25) is 9.78 Å². The van der Waals surface area contributed by atoms with E-state index in [2.05, 4.69) is 43.2 Å². The van der Waals surface area contributed by atoms with Crippen LogP contribution in [-0.2, 0) is 4.79 Å². The van der Waals surface area contributed by atoms with Gasteiger partial charge >= 0.3 is 0 Å². The highest BCUT2D eigenvalue weighted by Gasteiger charge is 2.25. The molecular formula is C27H35N3O2. The van der Waals surface area contributed by atoms with E-state index < -0.39 is 6.10 Å². The lowest BCUT2D eigenvalue weighted by Gasteiger charge is -2.23. The van der Waals surface area contributed by atoms with Crippen LogP contribution in [0.4, 0.5) is 5.82 Å². The van der Waals surface area contributed by atoms with Crippen molar-refractivity contribution in [3.63, 3.8) is 0 Å². The summed E-state index contributed by atoms with van der Waals surface area (Å²) >= 11 is 0. The van der Waals surface area contributed by atoms with Crippen LogP contribution in [0.1, 0.15) is 72.4 Å². The zero-order chi connectivity index (χ0) is 23.3. The number of fused-ring (bicyclic) bond motifs is 1. The molecule has 5 nitrogen and oxygen atoms in total. The van der Waals surface area contributed by atoms with Crippen LogP contribution >= 0.6 is 0 Å². The maximum Gasteiger partial charge on any atom is 0.228 e. The molecule has 1 unspecified atom stereocenters. The second kappa shape index (κ2) is 10.7. The van der Waals surface area contributed by atoms with Crippen LogP contribution in [0.2, 0.25) is 0 Å². The smallest absolute Gasteiger partial charge is 0.228 e. The van der Waals surface area contributed by atoms with E-state index in [-0.39, 0.29) is 11.8 Å². The van der Waals surface area contributed by atoms with Gasteiger partial charge in [0.2, 0.25) is 5.91 Å². The highest BCUT2D eigenvalue weighted by Crippen LogP contribution is 2.29. The first-order chi connectivity index (χ1) is 15.4. The maximum atomic E-state index is 12.2. The van der Waals surface area contributed by atoms with Crippen LogP contribution in [0.15, 0.2) is 53.4 Å². The minimum Gasteiger partial charge on any atom is -0.388 e. The molecule has 2 aromatic rings. The molecule has 1 aliphatic rings. The third kappa shape index (κ3) is 5.33. The van der Waals surface area contributed by atoms with Crippen LogP contribution in [0.3, 0.4) is 0 Å². The summed E-state index contributed by atoms with van der Waals surface area (Å²) in [6.07, 6.45) is 11.9. The molecule has 0 saturated heterocycles. The molecule has 32 heavy (non-hydrogen) atoms. The van der Waals surface area contributed by atoms with E-state index in [0.717, 1.165) is 58.9 Å². The van der Waals surface area contributed by atoms with Gasteiger partial charge in [-0.1, -0.05) is 38.0 Å². The molecule has 1 fully saturated rings. The van der Waals surface area contributed by atoms with Crippen molar-refractivity contribution in [2.24, 2.45) is 5.92 Å². The molecule has 1 atom stereocenters. The largest absolute Gasteiger partial charge is 0.388 e. The summed E-state index contributed by atoms with van der Waals surface area (Å²) in [5, 5.41) is 15.3. The number of amides is 1. The Morgan fingerprint density at radius 1 is 1.19 bits per heavy atom. The van der Waals surface area contributed by atoms with E-state index in [9.17, 15) is 9.90 Å². The Labute approximate surface area is 191 Å². The number of hydrogen-bond acceptors (Lipinski definition) is 4. The lowest BCUT2D eigenvalue weighted by atomic mass is 9.85. The Kier molecular flexibility index (Phi) is 7.97. The van der Waals surface area contributed by atoms with Crippen molar-refractivity contribution in [3.05, 3.63) is 59.1 Å². The number of anilines is 1. The van der Waals surface area contributed by atoms with Gasteiger partial charge < -0.3 is 10.4 Å². The van der Waals surface area contributed by atoms with Gasteiger partial charge in [-0.15, -0.1) is 0 Å². The van der Waals surface area contributed by atoms with Gasteiger partial charge in [-0.05, 0) is 75.3 Å². The molecule has 5 heteroatoms. The highest BCUT2D eigenvalue weighted by atomic mass is 16.3. The van der Waals surface area contributed by atoms with E-state index in [1.807, 2.05) is 32.2 Å². The molecule has 0 aromatic carbocycles. The fourth-order valence-corrected chi connectivity index (χ4v) is 3.97. The van der Waals surface area contributed by atoms with Crippen LogP contribution in [0, 0.1) is 5.92 Å². The summed E-state index contributed by atoms with van der Waals surface area (Å²) in [6.45, 7) is 10.2. The lowest BCUT2D eigenvalue weighted by Crippen LogP contribution is -2.28. The third-order valence-electron chi connectivity index (χ3n) is 6.46. The number of allylic oxidation sites excluding steroid dienone is 4. The van der Waals surface area contributed by atoms with Crippen molar-refractivity contribution < 1.29 is 9.90 Å². The third-order valence-corrected chi connectivity index (χ3v) is 6.46. The van der Waals surface area contributed by atoms with E-state index >= 15 is 0 Å². The van der Waals surface area contributed by atoms with Crippen molar-refractivity contribution in [1.82, 2.24) is 9.97 Å². The fourth-order valence-electron chi connectivity index (χ4n) is 3.97. The summed E-state index contributed by atoms with van der Waals surface area (Å²) in [6, 6.07) is 3.91. The predicted octanol–water partition coefficient (Wildman–Crippen LogP) is 6.22.